The van der Waals surface area contributed by atoms with E-state index in [9.17, 15) is 9.59 Å². The molecule has 2 N–H and O–H groups in total. The third kappa shape index (κ3) is 4.00. The molecule has 6 heteroatoms. The second kappa shape index (κ2) is 8.15. The van der Waals surface area contributed by atoms with Crippen molar-refractivity contribution in [3.63, 3.8) is 0 Å². The fourth-order valence-electron chi connectivity index (χ4n) is 5.40. The molecule has 4 aliphatic rings. The van der Waals surface area contributed by atoms with Gasteiger partial charge in [-0.3, -0.25) is 4.79 Å². The summed E-state index contributed by atoms with van der Waals surface area (Å²) in [5.74, 6) is 1.77. The van der Waals surface area contributed by atoms with Crippen LogP contribution in [-0.4, -0.2) is 67.0 Å². The lowest BCUT2D eigenvalue weighted by molar-refractivity contribution is -0.136. The van der Waals surface area contributed by atoms with Gasteiger partial charge in [0.25, 0.3) is 0 Å². The molecule has 4 rings (SSSR count). The average molecular weight is 363 g/mol. The van der Waals surface area contributed by atoms with E-state index in [1.165, 1.54) is 12.8 Å². The number of rotatable bonds is 2. The molecule has 3 atom stereocenters. The quantitative estimate of drug-likeness (QED) is 0.787. The lowest BCUT2D eigenvalue weighted by Gasteiger charge is -2.35. The number of carbonyl (C=O) groups excluding carboxylic acids is 2. The summed E-state index contributed by atoms with van der Waals surface area (Å²) in [7, 11) is 0. The third-order valence-electron chi connectivity index (χ3n) is 7.07. The van der Waals surface area contributed by atoms with Crippen molar-refractivity contribution in [2.45, 2.75) is 57.4 Å². The molecule has 6 nitrogen and oxygen atoms in total. The van der Waals surface area contributed by atoms with Gasteiger partial charge in [0.05, 0.1) is 5.92 Å². The Bertz CT molecular complexity index is 506. The predicted molar refractivity (Wildman–Crippen MR) is 101 cm³/mol. The first-order valence-corrected chi connectivity index (χ1v) is 10.8. The van der Waals surface area contributed by atoms with Gasteiger partial charge in [0.2, 0.25) is 5.91 Å². The van der Waals surface area contributed by atoms with Crippen molar-refractivity contribution >= 4 is 11.9 Å². The minimum Gasteiger partial charge on any atom is -0.342 e. The molecule has 3 heterocycles. The number of carbonyl (C=O) groups is 2. The van der Waals surface area contributed by atoms with Crippen LogP contribution in [0.15, 0.2) is 0 Å². The first-order chi connectivity index (χ1) is 12.7. The zero-order valence-electron chi connectivity index (χ0n) is 15.9. The maximum atomic E-state index is 13.1. The van der Waals surface area contributed by atoms with Crippen LogP contribution in [0.5, 0.6) is 0 Å². The Morgan fingerprint density at radius 2 is 1.50 bits per heavy atom. The predicted octanol–water partition coefficient (Wildman–Crippen LogP) is 1.81. The SMILES string of the molecule is O=C(NC1CCCC1)N1CCCC(C(=O)N2CC[C@@H]3CNC[C@@H]3CC2)C1. The minimum atomic E-state index is -0.00542. The number of amides is 3. The van der Waals surface area contributed by atoms with Crippen molar-refractivity contribution in [3.8, 4) is 0 Å². The van der Waals surface area contributed by atoms with Crippen molar-refractivity contribution < 1.29 is 9.59 Å². The molecule has 26 heavy (non-hydrogen) atoms. The summed E-state index contributed by atoms with van der Waals surface area (Å²) in [4.78, 5) is 29.6. The van der Waals surface area contributed by atoms with E-state index in [4.69, 9.17) is 0 Å². The van der Waals surface area contributed by atoms with Gasteiger partial charge < -0.3 is 20.4 Å². The molecular weight excluding hydrogens is 328 g/mol. The van der Waals surface area contributed by atoms with Gasteiger partial charge in [0.15, 0.2) is 0 Å². The molecular formula is C20H34N4O2. The summed E-state index contributed by atoms with van der Waals surface area (Å²) < 4.78 is 0. The van der Waals surface area contributed by atoms with Gasteiger partial charge >= 0.3 is 6.03 Å². The number of piperidine rings is 1. The monoisotopic (exact) mass is 362 g/mol. The minimum absolute atomic E-state index is 0.00542. The molecule has 0 bridgehead atoms. The summed E-state index contributed by atoms with van der Waals surface area (Å²) in [5.41, 5.74) is 0. The first-order valence-electron chi connectivity index (χ1n) is 10.8. The summed E-state index contributed by atoms with van der Waals surface area (Å²) in [6.07, 6.45) is 8.77. The van der Waals surface area contributed by atoms with Crippen LogP contribution in [-0.2, 0) is 4.79 Å². The molecule has 3 aliphatic heterocycles. The van der Waals surface area contributed by atoms with E-state index >= 15 is 0 Å². The van der Waals surface area contributed by atoms with E-state index < -0.39 is 0 Å². The van der Waals surface area contributed by atoms with E-state index in [1.807, 2.05) is 4.90 Å². The van der Waals surface area contributed by atoms with E-state index in [2.05, 4.69) is 15.5 Å². The Labute approximate surface area is 157 Å². The molecule has 0 aromatic heterocycles. The van der Waals surface area contributed by atoms with Gasteiger partial charge in [-0.05, 0) is 63.5 Å². The lowest BCUT2D eigenvalue weighted by atomic mass is 9.92. The molecule has 3 saturated heterocycles. The number of likely N-dealkylation sites (tertiary alicyclic amines) is 2. The lowest BCUT2D eigenvalue weighted by Crippen LogP contribution is -2.51. The van der Waals surface area contributed by atoms with Gasteiger partial charge in [-0.15, -0.1) is 0 Å². The zero-order chi connectivity index (χ0) is 17.9. The van der Waals surface area contributed by atoms with Crippen molar-refractivity contribution in [3.05, 3.63) is 0 Å². The largest absolute Gasteiger partial charge is 0.342 e. The normalized spacial score (nSPS) is 33.0. The van der Waals surface area contributed by atoms with Gasteiger partial charge in [-0.25, -0.2) is 4.79 Å². The average Bonchev–Trinajstić information content (AvgIpc) is 3.30. The van der Waals surface area contributed by atoms with Crippen LogP contribution in [0.3, 0.4) is 0 Å². The highest BCUT2D eigenvalue weighted by Crippen LogP contribution is 2.29. The molecule has 1 saturated carbocycles. The molecule has 4 fully saturated rings. The highest BCUT2D eigenvalue weighted by atomic mass is 16.2. The number of nitrogens with zero attached hydrogens (tertiary/aromatic N) is 2. The van der Waals surface area contributed by atoms with Crippen molar-refractivity contribution in [2.75, 3.05) is 39.3 Å². The molecule has 1 unspecified atom stereocenters. The van der Waals surface area contributed by atoms with Crippen molar-refractivity contribution in [1.29, 1.82) is 0 Å². The number of nitrogens with one attached hydrogen (secondary N) is 2. The van der Waals surface area contributed by atoms with E-state index in [1.54, 1.807) is 0 Å². The van der Waals surface area contributed by atoms with Crippen LogP contribution >= 0.6 is 0 Å². The second-order valence-electron chi connectivity index (χ2n) is 8.80. The van der Waals surface area contributed by atoms with E-state index in [0.29, 0.717) is 12.6 Å². The highest BCUT2D eigenvalue weighted by molar-refractivity contribution is 5.81. The maximum Gasteiger partial charge on any atom is 0.317 e. The van der Waals surface area contributed by atoms with Crippen LogP contribution in [0.1, 0.15) is 51.4 Å². The molecule has 3 amide bonds. The molecule has 1 aliphatic carbocycles. The standard InChI is InChI=1S/C20H34N4O2/c25-19(23-10-7-15-12-21-13-16(15)8-11-23)17-4-3-9-24(14-17)20(26)22-18-5-1-2-6-18/h15-18,21H,1-14H2,(H,22,26)/t15-,16+,17?. The fourth-order valence-corrected chi connectivity index (χ4v) is 5.40. The number of fused-ring (bicyclic) bond motifs is 1. The summed E-state index contributed by atoms with van der Waals surface area (Å²) in [6, 6.07) is 0.392. The Morgan fingerprint density at radius 3 is 2.19 bits per heavy atom. The van der Waals surface area contributed by atoms with Crippen LogP contribution in [0.2, 0.25) is 0 Å². The first kappa shape index (κ1) is 18.1. The molecule has 0 aromatic rings. The molecule has 0 aromatic carbocycles. The zero-order valence-corrected chi connectivity index (χ0v) is 15.9. The second-order valence-corrected chi connectivity index (χ2v) is 8.80. The Kier molecular flexibility index (Phi) is 5.67. The third-order valence-corrected chi connectivity index (χ3v) is 7.07. The molecule has 0 spiro atoms. The molecule has 0 radical (unpaired) electrons. The number of hydrogen-bond acceptors (Lipinski definition) is 3. The van der Waals surface area contributed by atoms with Crippen LogP contribution in [0.25, 0.3) is 0 Å². The van der Waals surface area contributed by atoms with Gasteiger partial charge in [0.1, 0.15) is 0 Å². The number of hydrogen-bond donors (Lipinski definition) is 2. The number of urea groups is 1. The fraction of sp³-hybridized carbons (Fsp3) is 0.900. The van der Waals surface area contributed by atoms with Gasteiger partial charge in [-0.2, -0.15) is 0 Å². The van der Waals surface area contributed by atoms with Gasteiger partial charge in [0, 0.05) is 32.2 Å². The smallest absolute Gasteiger partial charge is 0.317 e. The van der Waals surface area contributed by atoms with Crippen LogP contribution in [0, 0.1) is 17.8 Å². The Morgan fingerprint density at radius 1 is 0.808 bits per heavy atom. The summed E-state index contributed by atoms with van der Waals surface area (Å²) >= 11 is 0. The molecule has 146 valence electrons. The summed E-state index contributed by atoms with van der Waals surface area (Å²) in [5, 5.41) is 6.67. The van der Waals surface area contributed by atoms with Crippen molar-refractivity contribution in [1.82, 2.24) is 20.4 Å². The Balaban J connectivity index is 1.30. The summed E-state index contributed by atoms with van der Waals surface area (Å²) in [6.45, 7) is 5.41. The maximum absolute atomic E-state index is 13.1. The van der Waals surface area contributed by atoms with E-state index in [0.717, 1.165) is 83.1 Å². The Hall–Kier alpha value is -1.30. The van der Waals surface area contributed by atoms with Crippen molar-refractivity contribution in [2.24, 2.45) is 17.8 Å². The van der Waals surface area contributed by atoms with Crippen LogP contribution < -0.4 is 10.6 Å². The van der Waals surface area contributed by atoms with Gasteiger partial charge in [-0.1, -0.05) is 12.8 Å². The van der Waals surface area contributed by atoms with E-state index in [-0.39, 0.29) is 17.9 Å². The highest BCUT2D eigenvalue weighted by Gasteiger charge is 2.35. The topological polar surface area (TPSA) is 64.7 Å². The van der Waals surface area contributed by atoms with Crippen LogP contribution in [0.4, 0.5) is 4.79 Å².